The molecule has 1 aromatic heterocycles. The lowest BCUT2D eigenvalue weighted by molar-refractivity contribution is -0.385. The number of carbonyl (C=O) groups excluding carboxylic acids is 1. The molecule has 1 unspecified atom stereocenters. The maximum absolute atomic E-state index is 12.1. The third-order valence-electron chi connectivity index (χ3n) is 2.99. The Morgan fingerprint density at radius 2 is 2.10 bits per heavy atom. The van der Waals surface area contributed by atoms with E-state index >= 15 is 0 Å². The van der Waals surface area contributed by atoms with E-state index in [1.54, 1.807) is 25.1 Å². The molecule has 2 N–H and O–H groups in total. The van der Waals surface area contributed by atoms with Gasteiger partial charge in [0.15, 0.2) is 0 Å². The van der Waals surface area contributed by atoms with E-state index in [1.807, 2.05) is 5.38 Å². The highest BCUT2D eigenvalue weighted by molar-refractivity contribution is 7.10. The molecule has 1 aromatic carbocycles. The van der Waals surface area contributed by atoms with E-state index in [0.717, 1.165) is 0 Å². The third-order valence-corrected chi connectivity index (χ3v) is 4.11. The lowest BCUT2D eigenvalue weighted by Crippen LogP contribution is -2.38. The molecule has 0 spiro atoms. The number of thiophene rings is 1. The predicted molar refractivity (Wildman–Crippen MR) is 79.3 cm³/mol. The summed E-state index contributed by atoms with van der Waals surface area (Å²) in [5, 5.41) is 25.6. The molecule has 1 atom stereocenters. The largest absolute Gasteiger partial charge is 0.383 e. The Balaban J connectivity index is 2.11. The van der Waals surface area contributed by atoms with Crippen LogP contribution in [0.15, 0.2) is 41.8 Å². The van der Waals surface area contributed by atoms with Crippen LogP contribution < -0.4 is 5.32 Å². The van der Waals surface area contributed by atoms with Crippen molar-refractivity contribution in [3.8, 4) is 0 Å². The molecule has 7 heteroatoms. The van der Waals surface area contributed by atoms with Gasteiger partial charge in [-0.05, 0) is 24.4 Å². The standard InChI is InChI=1S/C14H14N2O4S/c1-14(18,12-7-4-8-21-12)9-15-13(17)10-5-2-3-6-11(10)16(19)20/h2-8,18H,9H2,1H3,(H,15,17). The number of carbonyl (C=O) groups is 1. The summed E-state index contributed by atoms with van der Waals surface area (Å²) in [5.41, 5.74) is -1.50. The molecule has 0 fully saturated rings. The van der Waals surface area contributed by atoms with E-state index < -0.39 is 16.4 Å². The van der Waals surface area contributed by atoms with Crippen LogP contribution in [0.4, 0.5) is 5.69 Å². The quantitative estimate of drug-likeness (QED) is 0.655. The van der Waals surface area contributed by atoms with Gasteiger partial charge in [-0.15, -0.1) is 11.3 Å². The molecule has 0 aliphatic carbocycles. The summed E-state index contributed by atoms with van der Waals surface area (Å²) in [5.74, 6) is -0.584. The minimum absolute atomic E-state index is 0.0236. The molecule has 21 heavy (non-hydrogen) atoms. The number of rotatable bonds is 5. The van der Waals surface area contributed by atoms with Gasteiger partial charge in [-0.25, -0.2) is 0 Å². The van der Waals surface area contributed by atoms with Crippen LogP contribution in [0.3, 0.4) is 0 Å². The van der Waals surface area contributed by atoms with Gasteiger partial charge in [0.25, 0.3) is 11.6 Å². The second kappa shape index (κ2) is 6.02. The molecule has 6 nitrogen and oxygen atoms in total. The molecule has 1 amide bonds. The van der Waals surface area contributed by atoms with Gasteiger partial charge >= 0.3 is 0 Å². The Kier molecular flexibility index (Phi) is 4.35. The highest BCUT2D eigenvalue weighted by Gasteiger charge is 2.26. The number of para-hydroxylation sites is 1. The number of benzene rings is 1. The maximum atomic E-state index is 12.1. The number of nitrogens with one attached hydrogen (secondary N) is 1. The molecule has 0 bridgehead atoms. The van der Waals surface area contributed by atoms with Crippen LogP contribution in [0.25, 0.3) is 0 Å². The summed E-state index contributed by atoms with van der Waals surface area (Å²) in [6.07, 6.45) is 0. The van der Waals surface area contributed by atoms with Crippen LogP contribution in [-0.2, 0) is 5.60 Å². The Morgan fingerprint density at radius 1 is 1.38 bits per heavy atom. The van der Waals surface area contributed by atoms with E-state index in [4.69, 9.17) is 0 Å². The van der Waals surface area contributed by atoms with Crippen LogP contribution in [0.2, 0.25) is 0 Å². The zero-order chi connectivity index (χ0) is 15.5. The molecule has 0 saturated carbocycles. The van der Waals surface area contributed by atoms with Gasteiger partial charge in [-0.3, -0.25) is 14.9 Å². The first-order valence-electron chi connectivity index (χ1n) is 6.20. The zero-order valence-corrected chi connectivity index (χ0v) is 12.1. The van der Waals surface area contributed by atoms with Crippen LogP contribution in [0, 0.1) is 10.1 Å². The normalized spacial score (nSPS) is 13.4. The van der Waals surface area contributed by atoms with Gasteiger partial charge in [0.1, 0.15) is 11.2 Å². The number of nitrogens with zero attached hydrogens (tertiary/aromatic N) is 1. The topological polar surface area (TPSA) is 92.5 Å². The maximum Gasteiger partial charge on any atom is 0.282 e. The molecule has 110 valence electrons. The van der Waals surface area contributed by atoms with Crippen molar-refractivity contribution in [2.75, 3.05) is 6.54 Å². The van der Waals surface area contributed by atoms with Crippen molar-refractivity contribution in [3.05, 3.63) is 62.3 Å². The molecule has 0 radical (unpaired) electrons. The first kappa shape index (κ1) is 15.1. The monoisotopic (exact) mass is 306 g/mol. The van der Waals surface area contributed by atoms with Crippen molar-refractivity contribution in [3.63, 3.8) is 0 Å². The molecule has 1 heterocycles. The fourth-order valence-electron chi connectivity index (χ4n) is 1.84. The van der Waals surface area contributed by atoms with Crippen molar-refractivity contribution in [1.82, 2.24) is 5.32 Å². The SMILES string of the molecule is CC(O)(CNC(=O)c1ccccc1[N+](=O)[O-])c1cccs1. The molecule has 0 aliphatic rings. The Labute approximate surface area is 125 Å². The summed E-state index contributed by atoms with van der Waals surface area (Å²) in [4.78, 5) is 23.1. The van der Waals surface area contributed by atoms with Crippen molar-refractivity contribution in [2.45, 2.75) is 12.5 Å². The highest BCUT2D eigenvalue weighted by Crippen LogP contribution is 2.25. The van der Waals surface area contributed by atoms with Crippen LogP contribution >= 0.6 is 11.3 Å². The van der Waals surface area contributed by atoms with Crippen LogP contribution in [0.5, 0.6) is 0 Å². The molecule has 2 aromatic rings. The number of nitro groups is 1. The number of nitro benzene ring substituents is 1. The fraction of sp³-hybridized carbons (Fsp3) is 0.214. The van der Waals surface area contributed by atoms with E-state index in [-0.39, 0.29) is 17.8 Å². The summed E-state index contributed by atoms with van der Waals surface area (Å²) in [7, 11) is 0. The highest BCUT2D eigenvalue weighted by atomic mass is 32.1. The van der Waals surface area contributed by atoms with Crippen molar-refractivity contribution in [1.29, 1.82) is 0 Å². The number of hydrogen-bond acceptors (Lipinski definition) is 5. The van der Waals surface area contributed by atoms with Crippen molar-refractivity contribution in [2.24, 2.45) is 0 Å². The first-order valence-corrected chi connectivity index (χ1v) is 7.08. The minimum atomic E-state index is -1.21. The number of aliphatic hydroxyl groups is 1. The van der Waals surface area contributed by atoms with Gasteiger partial charge in [0, 0.05) is 10.9 Å². The van der Waals surface area contributed by atoms with Gasteiger partial charge < -0.3 is 10.4 Å². The summed E-state index contributed by atoms with van der Waals surface area (Å²) in [6, 6.07) is 9.27. The van der Waals surface area contributed by atoms with Crippen molar-refractivity contribution >= 4 is 22.9 Å². The summed E-state index contributed by atoms with van der Waals surface area (Å²) in [6.45, 7) is 1.55. The van der Waals surface area contributed by atoms with Gasteiger partial charge in [-0.2, -0.15) is 0 Å². The van der Waals surface area contributed by atoms with E-state index in [9.17, 15) is 20.0 Å². The predicted octanol–water partition coefficient (Wildman–Crippen LogP) is 2.29. The molecular formula is C14H14N2O4S. The van der Waals surface area contributed by atoms with Gasteiger partial charge in [0.2, 0.25) is 0 Å². The number of hydrogen-bond donors (Lipinski definition) is 2. The molecule has 2 rings (SSSR count). The fourth-order valence-corrected chi connectivity index (χ4v) is 2.63. The summed E-state index contributed by atoms with van der Waals surface area (Å²) >= 11 is 1.38. The third kappa shape index (κ3) is 3.45. The molecule has 0 aliphatic heterocycles. The average molecular weight is 306 g/mol. The smallest absolute Gasteiger partial charge is 0.282 e. The molecule has 0 saturated heterocycles. The Morgan fingerprint density at radius 3 is 2.71 bits per heavy atom. The van der Waals surface area contributed by atoms with Crippen LogP contribution in [-0.4, -0.2) is 22.5 Å². The lowest BCUT2D eigenvalue weighted by Gasteiger charge is -2.22. The van der Waals surface area contributed by atoms with Crippen LogP contribution in [0.1, 0.15) is 22.2 Å². The number of amides is 1. The Bertz CT molecular complexity index is 653. The average Bonchev–Trinajstić information content (AvgIpc) is 3.00. The Hall–Kier alpha value is -2.25. The zero-order valence-electron chi connectivity index (χ0n) is 11.3. The van der Waals surface area contributed by atoms with E-state index in [2.05, 4.69) is 5.32 Å². The summed E-state index contributed by atoms with van der Waals surface area (Å²) < 4.78 is 0. The van der Waals surface area contributed by atoms with Crippen molar-refractivity contribution < 1.29 is 14.8 Å². The van der Waals surface area contributed by atoms with E-state index in [0.29, 0.717) is 4.88 Å². The lowest BCUT2D eigenvalue weighted by atomic mass is 10.0. The minimum Gasteiger partial charge on any atom is -0.383 e. The molecular weight excluding hydrogens is 292 g/mol. The second-order valence-electron chi connectivity index (χ2n) is 4.71. The van der Waals surface area contributed by atoms with Gasteiger partial charge in [-0.1, -0.05) is 18.2 Å². The second-order valence-corrected chi connectivity index (χ2v) is 5.66. The first-order chi connectivity index (χ1) is 9.92. The van der Waals surface area contributed by atoms with Gasteiger partial charge in [0.05, 0.1) is 11.5 Å². The van der Waals surface area contributed by atoms with E-state index in [1.165, 1.54) is 29.5 Å².